The molecule has 0 radical (unpaired) electrons. The highest BCUT2D eigenvalue weighted by atomic mass is 32.2. The molecule has 1 saturated heterocycles. The Hall–Kier alpha value is -1.96. The molecular weight excluding hydrogens is 334 g/mol. The van der Waals surface area contributed by atoms with Crippen LogP contribution in [-0.2, 0) is 9.59 Å². The van der Waals surface area contributed by atoms with Gasteiger partial charge in [-0.1, -0.05) is 60.4 Å². The summed E-state index contributed by atoms with van der Waals surface area (Å²) in [6.45, 7) is 1.16. The van der Waals surface area contributed by atoms with Crippen LogP contribution in [0.4, 0.5) is 0 Å². The predicted octanol–water partition coefficient (Wildman–Crippen LogP) is 2.28. The highest BCUT2D eigenvalue weighted by Gasteiger charge is 2.40. The average Bonchev–Trinajstić information content (AvgIpc) is 2.76. The minimum atomic E-state index is -1.35. The number of thioether (sulfide) groups is 1. The van der Waals surface area contributed by atoms with E-state index in [0.717, 1.165) is 27.8 Å². The van der Waals surface area contributed by atoms with Gasteiger partial charge in [-0.3, -0.25) is 9.69 Å². The van der Waals surface area contributed by atoms with Crippen molar-refractivity contribution in [1.82, 2.24) is 4.90 Å². The second-order valence-corrected chi connectivity index (χ2v) is 6.56. The zero-order valence-corrected chi connectivity index (χ0v) is 13.9. The van der Waals surface area contributed by atoms with Crippen molar-refractivity contribution in [2.75, 3.05) is 6.61 Å². The van der Waals surface area contributed by atoms with Gasteiger partial charge in [0, 0.05) is 0 Å². The minimum absolute atomic E-state index is 0.134. The number of nitrogens with zero attached hydrogens (tertiary/aromatic N) is 1. The summed E-state index contributed by atoms with van der Waals surface area (Å²) in [5, 5.41) is 18.3. The monoisotopic (exact) mass is 349 g/mol. The third kappa shape index (κ3) is 4.07. The van der Waals surface area contributed by atoms with Crippen molar-refractivity contribution < 1.29 is 19.8 Å². The summed E-state index contributed by atoms with van der Waals surface area (Å²) < 4.78 is 0.134. The maximum absolute atomic E-state index is 12.4. The summed E-state index contributed by atoms with van der Waals surface area (Å²) in [5.41, 5.74) is 1.84. The Bertz CT molecular complexity index is 697. The van der Waals surface area contributed by atoms with Gasteiger partial charge in [0.25, 0.3) is 5.91 Å². The third-order valence-corrected chi connectivity index (χ3v) is 4.48. The fourth-order valence-electron chi connectivity index (χ4n) is 2.08. The first kappa shape index (κ1) is 17.4. The van der Waals surface area contributed by atoms with Gasteiger partial charge < -0.3 is 10.2 Å². The number of hydrogen-bond donors (Lipinski definition) is 2. The van der Waals surface area contributed by atoms with E-state index in [1.807, 2.05) is 43.3 Å². The Balaban J connectivity index is 2.25. The van der Waals surface area contributed by atoms with E-state index >= 15 is 0 Å². The molecule has 2 N–H and O–H groups in total. The molecule has 0 aliphatic carbocycles. The number of amides is 1. The van der Waals surface area contributed by atoms with Crippen LogP contribution in [0.15, 0.2) is 46.9 Å². The number of carboxylic acid groups (broad SMARTS) is 1. The smallest absolute Gasteiger partial charge is 0.329 e. The van der Waals surface area contributed by atoms with Gasteiger partial charge in [-0.15, -0.1) is 0 Å². The molecule has 2 rings (SSSR count). The van der Waals surface area contributed by atoms with Crippen molar-refractivity contribution >= 4 is 46.3 Å². The van der Waals surface area contributed by atoms with Gasteiger partial charge >= 0.3 is 5.97 Å². The Morgan fingerprint density at radius 2 is 2.04 bits per heavy atom. The first-order valence-corrected chi connectivity index (χ1v) is 8.00. The summed E-state index contributed by atoms with van der Waals surface area (Å²) in [5.74, 6) is -1.79. The number of thiocarbonyl (C=S) groups is 1. The number of carboxylic acids is 1. The van der Waals surface area contributed by atoms with Crippen LogP contribution in [0.25, 0.3) is 6.08 Å². The van der Waals surface area contributed by atoms with Gasteiger partial charge in [-0.2, -0.15) is 0 Å². The number of benzene rings is 1. The van der Waals surface area contributed by atoms with Crippen LogP contribution < -0.4 is 0 Å². The zero-order chi connectivity index (χ0) is 17.0. The SMILES string of the molecule is CC(=Cc1ccccc1)C=C1SC(=S)N(C(CO)C(=O)O)C1=O. The number of hydrogen-bond acceptors (Lipinski definition) is 5. The van der Waals surface area contributed by atoms with Crippen LogP contribution in [0.5, 0.6) is 0 Å². The second-order valence-electron chi connectivity index (χ2n) is 4.89. The molecule has 1 heterocycles. The Kier molecular flexibility index (Phi) is 5.70. The summed E-state index contributed by atoms with van der Waals surface area (Å²) in [6, 6.07) is 8.27. The van der Waals surface area contributed by atoms with E-state index in [4.69, 9.17) is 17.3 Å². The molecule has 1 unspecified atom stereocenters. The van der Waals surface area contributed by atoms with Crippen molar-refractivity contribution in [3.8, 4) is 0 Å². The summed E-state index contributed by atoms with van der Waals surface area (Å²) in [6.07, 6.45) is 3.58. The normalized spacial score (nSPS) is 18.6. The molecule has 0 saturated carbocycles. The van der Waals surface area contributed by atoms with E-state index in [1.165, 1.54) is 0 Å². The van der Waals surface area contributed by atoms with Crippen molar-refractivity contribution in [2.24, 2.45) is 0 Å². The van der Waals surface area contributed by atoms with E-state index in [9.17, 15) is 14.7 Å². The van der Waals surface area contributed by atoms with Crippen LogP contribution in [0.3, 0.4) is 0 Å². The standard InChI is InChI=1S/C16H15NO4S2/c1-10(7-11-5-3-2-4-6-11)8-13-14(19)17(16(22)23-13)12(9-18)15(20)21/h2-8,12,18H,9H2,1H3,(H,20,21). The highest BCUT2D eigenvalue weighted by molar-refractivity contribution is 8.26. The lowest BCUT2D eigenvalue weighted by atomic mass is 10.1. The fraction of sp³-hybridized carbons (Fsp3) is 0.188. The number of aliphatic carboxylic acids is 1. The fourth-order valence-corrected chi connectivity index (χ4v) is 3.49. The van der Waals surface area contributed by atoms with Gasteiger partial charge in [0.05, 0.1) is 11.5 Å². The summed E-state index contributed by atoms with van der Waals surface area (Å²) >= 11 is 6.11. The Morgan fingerprint density at radius 3 is 2.61 bits per heavy atom. The molecule has 1 aromatic rings. The lowest BCUT2D eigenvalue weighted by molar-refractivity contribution is -0.146. The van der Waals surface area contributed by atoms with Gasteiger partial charge in [0.2, 0.25) is 0 Å². The molecule has 1 aliphatic heterocycles. The lowest BCUT2D eigenvalue weighted by Crippen LogP contribution is -2.46. The van der Waals surface area contributed by atoms with Crippen LogP contribution in [0, 0.1) is 0 Å². The molecule has 0 aromatic heterocycles. The topological polar surface area (TPSA) is 77.8 Å². The molecule has 5 nitrogen and oxygen atoms in total. The first-order valence-electron chi connectivity index (χ1n) is 6.78. The number of allylic oxidation sites excluding steroid dienone is 2. The molecule has 1 atom stereocenters. The second kappa shape index (κ2) is 7.54. The minimum Gasteiger partial charge on any atom is -0.480 e. The van der Waals surface area contributed by atoms with E-state index in [1.54, 1.807) is 6.08 Å². The van der Waals surface area contributed by atoms with Crippen molar-refractivity contribution in [1.29, 1.82) is 0 Å². The van der Waals surface area contributed by atoms with E-state index in [2.05, 4.69) is 0 Å². The van der Waals surface area contributed by atoms with Gasteiger partial charge in [0.15, 0.2) is 6.04 Å². The zero-order valence-electron chi connectivity index (χ0n) is 12.3. The molecule has 1 aromatic carbocycles. The van der Waals surface area contributed by atoms with E-state index < -0.39 is 24.5 Å². The Labute approximate surface area is 143 Å². The maximum atomic E-state index is 12.4. The van der Waals surface area contributed by atoms with E-state index in [-0.39, 0.29) is 4.32 Å². The quantitative estimate of drug-likeness (QED) is 0.627. The van der Waals surface area contributed by atoms with Gasteiger partial charge in [-0.25, -0.2) is 4.79 Å². The lowest BCUT2D eigenvalue weighted by Gasteiger charge is -2.20. The van der Waals surface area contributed by atoms with Gasteiger partial charge in [-0.05, 0) is 24.1 Å². The average molecular weight is 349 g/mol. The molecule has 0 spiro atoms. The summed E-state index contributed by atoms with van der Waals surface area (Å²) in [4.78, 5) is 24.8. The molecule has 23 heavy (non-hydrogen) atoms. The maximum Gasteiger partial charge on any atom is 0.329 e. The molecule has 0 bridgehead atoms. The molecule has 1 amide bonds. The van der Waals surface area contributed by atoms with Crippen LogP contribution >= 0.6 is 24.0 Å². The number of carbonyl (C=O) groups is 2. The van der Waals surface area contributed by atoms with Crippen molar-refractivity contribution in [3.05, 3.63) is 52.4 Å². The van der Waals surface area contributed by atoms with Crippen molar-refractivity contribution in [3.63, 3.8) is 0 Å². The first-order chi connectivity index (χ1) is 10.9. The number of carbonyl (C=O) groups excluding carboxylic acids is 1. The molecule has 7 heteroatoms. The van der Waals surface area contributed by atoms with Crippen LogP contribution in [-0.4, -0.2) is 44.0 Å². The number of aliphatic hydroxyl groups excluding tert-OH is 1. The van der Waals surface area contributed by atoms with Crippen LogP contribution in [0.1, 0.15) is 12.5 Å². The van der Waals surface area contributed by atoms with E-state index in [0.29, 0.717) is 4.91 Å². The molecule has 120 valence electrons. The highest BCUT2D eigenvalue weighted by Crippen LogP contribution is 2.33. The largest absolute Gasteiger partial charge is 0.480 e. The number of aliphatic hydroxyl groups is 1. The third-order valence-electron chi connectivity index (χ3n) is 3.15. The Morgan fingerprint density at radius 1 is 1.39 bits per heavy atom. The molecular formula is C16H15NO4S2. The van der Waals surface area contributed by atoms with Crippen LogP contribution in [0.2, 0.25) is 0 Å². The predicted molar refractivity (Wildman–Crippen MR) is 93.7 cm³/mol. The molecule has 1 fully saturated rings. The molecule has 1 aliphatic rings. The summed E-state index contributed by atoms with van der Waals surface area (Å²) in [7, 11) is 0. The van der Waals surface area contributed by atoms with Gasteiger partial charge in [0.1, 0.15) is 4.32 Å². The number of rotatable bonds is 5. The van der Waals surface area contributed by atoms with Crippen molar-refractivity contribution in [2.45, 2.75) is 13.0 Å².